The fourth-order valence-electron chi connectivity index (χ4n) is 3.40. The second kappa shape index (κ2) is 6.28. The largest absolute Gasteiger partial charge is 0.349 e. The van der Waals surface area contributed by atoms with Crippen molar-refractivity contribution in [1.82, 2.24) is 19.0 Å². The van der Waals surface area contributed by atoms with Crippen LogP contribution in [0.2, 0.25) is 0 Å². The van der Waals surface area contributed by atoms with Gasteiger partial charge in [0.15, 0.2) is 5.16 Å². The lowest BCUT2D eigenvalue weighted by molar-refractivity contribution is 0.140. The van der Waals surface area contributed by atoms with Gasteiger partial charge in [0.2, 0.25) is 0 Å². The Morgan fingerprint density at radius 2 is 2.19 bits per heavy atom. The molecule has 4 nitrogen and oxygen atoms in total. The molecule has 3 heterocycles. The van der Waals surface area contributed by atoms with Crippen LogP contribution in [0, 0.1) is 0 Å². The highest BCUT2D eigenvalue weighted by Gasteiger charge is 2.26. The lowest BCUT2D eigenvalue weighted by Gasteiger charge is -2.36. The summed E-state index contributed by atoms with van der Waals surface area (Å²) in [6.45, 7) is 8.67. The smallest absolute Gasteiger partial charge is 0.167 e. The fraction of sp³-hybridized carbons (Fsp3) is 0.562. The molecule has 0 N–H and O–H groups in total. The van der Waals surface area contributed by atoms with E-state index in [0.29, 0.717) is 6.04 Å². The summed E-state index contributed by atoms with van der Waals surface area (Å²) in [6.07, 6.45) is 7.51. The first-order valence-electron chi connectivity index (χ1n) is 7.76. The molecule has 1 atom stereocenters. The Morgan fingerprint density at radius 1 is 1.33 bits per heavy atom. The highest BCUT2D eigenvalue weighted by molar-refractivity contribution is 7.98. The van der Waals surface area contributed by atoms with Crippen LogP contribution in [0.1, 0.15) is 37.7 Å². The predicted octanol–water partition coefficient (Wildman–Crippen LogP) is 3.39. The van der Waals surface area contributed by atoms with E-state index in [0.717, 1.165) is 37.8 Å². The Hall–Kier alpha value is -1.20. The lowest BCUT2D eigenvalue weighted by atomic mass is 10.1. The third-order valence-electron chi connectivity index (χ3n) is 4.43. The molecule has 0 radical (unpaired) electrons. The maximum atomic E-state index is 4.55. The van der Waals surface area contributed by atoms with Gasteiger partial charge in [0.25, 0.3) is 0 Å². The molecule has 2 aromatic heterocycles. The van der Waals surface area contributed by atoms with E-state index in [1.165, 1.54) is 11.4 Å². The normalized spacial score (nSPS) is 18.9. The van der Waals surface area contributed by atoms with Gasteiger partial charge < -0.3 is 9.13 Å². The number of hydrogen-bond acceptors (Lipinski definition) is 3. The number of rotatable bonds is 5. The van der Waals surface area contributed by atoms with Gasteiger partial charge in [0, 0.05) is 38.1 Å². The first-order valence-corrected chi connectivity index (χ1v) is 8.98. The molecule has 114 valence electrons. The van der Waals surface area contributed by atoms with E-state index in [2.05, 4.69) is 63.6 Å². The van der Waals surface area contributed by atoms with Crippen LogP contribution in [0.15, 0.2) is 29.7 Å². The van der Waals surface area contributed by atoms with Crippen molar-refractivity contribution in [3.8, 4) is 0 Å². The molecule has 0 amide bonds. The van der Waals surface area contributed by atoms with Crippen LogP contribution < -0.4 is 0 Å². The molecule has 0 saturated heterocycles. The van der Waals surface area contributed by atoms with Crippen molar-refractivity contribution >= 4 is 11.8 Å². The van der Waals surface area contributed by atoms with Gasteiger partial charge in [-0.2, -0.15) is 0 Å². The molecule has 2 aromatic rings. The average molecular weight is 304 g/mol. The second-order valence-corrected chi connectivity index (χ2v) is 6.27. The van der Waals surface area contributed by atoms with Crippen LogP contribution >= 0.6 is 11.8 Å². The van der Waals surface area contributed by atoms with E-state index < -0.39 is 0 Å². The van der Waals surface area contributed by atoms with Gasteiger partial charge in [-0.25, -0.2) is 4.98 Å². The Bertz CT molecular complexity index is 601. The Kier molecular flexibility index (Phi) is 4.40. The summed E-state index contributed by atoms with van der Waals surface area (Å²) >= 11 is 1.73. The molecule has 1 aliphatic heterocycles. The second-order valence-electron chi connectivity index (χ2n) is 5.50. The minimum atomic E-state index is 0.520. The maximum absolute atomic E-state index is 4.55. The van der Waals surface area contributed by atoms with Crippen molar-refractivity contribution < 1.29 is 0 Å². The molecule has 0 bridgehead atoms. The number of hydrogen-bond donors (Lipinski definition) is 0. The highest BCUT2D eigenvalue weighted by Crippen LogP contribution is 2.30. The standard InChI is InChI=1S/C16H24N4S/c1-4-14-15-7-6-8-18(15)9-10-19(14)12-13-11-17-16(21-3)20(13)5-2/h6-8,11,14H,4-5,9-10,12H2,1-3H3/t14-/m1/s1. The zero-order valence-electron chi connectivity index (χ0n) is 13.1. The molecule has 0 fully saturated rings. The summed E-state index contributed by atoms with van der Waals surface area (Å²) in [5.74, 6) is 0. The van der Waals surface area contributed by atoms with Crippen LogP contribution in [0.25, 0.3) is 0 Å². The Balaban J connectivity index is 1.83. The minimum Gasteiger partial charge on any atom is -0.349 e. The molecule has 0 aliphatic carbocycles. The van der Waals surface area contributed by atoms with Gasteiger partial charge in [-0.3, -0.25) is 4.90 Å². The summed E-state index contributed by atoms with van der Waals surface area (Å²) in [5, 5.41) is 1.13. The number of aromatic nitrogens is 3. The molecule has 5 heteroatoms. The molecule has 0 aromatic carbocycles. The molecule has 1 aliphatic rings. The van der Waals surface area contributed by atoms with E-state index in [4.69, 9.17) is 0 Å². The summed E-state index contributed by atoms with van der Waals surface area (Å²) in [7, 11) is 0. The van der Waals surface area contributed by atoms with Crippen molar-refractivity contribution in [3.63, 3.8) is 0 Å². The summed E-state index contributed by atoms with van der Waals surface area (Å²) in [6, 6.07) is 4.96. The van der Waals surface area contributed by atoms with Gasteiger partial charge in [0.1, 0.15) is 0 Å². The molecule has 21 heavy (non-hydrogen) atoms. The highest BCUT2D eigenvalue weighted by atomic mass is 32.2. The van der Waals surface area contributed by atoms with Crippen LogP contribution in [0.3, 0.4) is 0 Å². The third kappa shape index (κ3) is 2.64. The summed E-state index contributed by atoms with van der Waals surface area (Å²) in [4.78, 5) is 7.15. The number of imidazole rings is 1. The zero-order chi connectivity index (χ0) is 14.8. The number of nitrogens with zero attached hydrogens (tertiary/aromatic N) is 4. The van der Waals surface area contributed by atoms with Crippen LogP contribution in [0.5, 0.6) is 0 Å². The lowest BCUT2D eigenvalue weighted by Crippen LogP contribution is -2.37. The summed E-state index contributed by atoms with van der Waals surface area (Å²) < 4.78 is 4.74. The SMILES string of the molecule is CC[C@@H]1c2cccn2CCN1Cc1cnc(SC)n1CC. The van der Waals surface area contributed by atoms with E-state index in [1.807, 2.05) is 0 Å². The minimum absolute atomic E-state index is 0.520. The van der Waals surface area contributed by atoms with Crippen molar-refractivity contribution in [1.29, 1.82) is 0 Å². The van der Waals surface area contributed by atoms with Gasteiger partial charge in [0.05, 0.1) is 17.9 Å². The molecule has 3 rings (SSSR count). The molecular weight excluding hydrogens is 280 g/mol. The van der Waals surface area contributed by atoms with Crippen molar-refractivity contribution in [2.24, 2.45) is 0 Å². The van der Waals surface area contributed by atoms with Crippen molar-refractivity contribution in [2.45, 2.75) is 51.1 Å². The Morgan fingerprint density at radius 3 is 2.90 bits per heavy atom. The van der Waals surface area contributed by atoms with Crippen LogP contribution in [0.4, 0.5) is 0 Å². The number of fused-ring (bicyclic) bond motifs is 1. The van der Waals surface area contributed by atoms with Crippen molar-refractivity contribution in [3.05, 3.63) is 35.9 Å². The van der Waals surface area contributed by atoms with Crippen LogP contribution in [-0.2, 0) is 19.6 Å². The fourth-order valence-corrected chi connectivity index (χ4v) is 4.02. The molecule has 0 unspecified atom stereocenters. The average Bonchev–Trinajstić information content (AvgIpc) is 3.12. The van der Waals surface area contributed by atoms with E-state index in [1.54, 1.807) is 11.8 Å². The Labute approximate surface area is 131 Å². The molecule has 0 spiro atoms. The van der Waals surface area contributed by atoms with E-state index in [9.17, 15) is 0 Å². The molecule has 0 saturated carbocycles. The predicted molar refractivity (Wildman–Crippen MR) is 87.6 cm³/mol. The zero-order valence-corrected chi connectivity index (χ0v) is 13.9. The van der Waals surface area contributed by atoms with Gasteiger partial charge >= 0.3 is 0 Å². The topological polar surface area (TPSA) is 26.0 Å². The van der Waals surface area contributed by atoms with Gasteiger partial charge in [-0.05, 0) is 31.7 Å². The van der Waals surface area contributed by atoms with Crippen LogP contribution in [-0.4, -0.2) is 31.8 Å². The number of thioether (sulfide) groups is 1. The van der Waals surface area contributed by atoms with E-state index in [-0.39, 0.29) is 0 Å². The van der Waals surface area contributed by atoms with Crippen molar-refractivity contribution in [2.75, 3.05) is 12.8 Å². The van der Waals surface area contributed by atoms with E-state index >= 15 is 0 Å². The monoisotopic (exact) mass is 304 g/mol. The first-order chi connectivity index (χ1) is 10.3. The summed E-state index contributed by atoms with van der Waals surface area (Å²) in [5.41, 5.74) is 2.79. The quantitative estimate of drug-likeness (QED) is 0.792. The third-order valence-corrected chi connectivity index (χ3v) is 5.12. The maximum Gasteiger partial charge on any atom is 0.167 e. The van der Waals surface area contributed by atoms with Gasteiger partial charge in [-0.1, -0.05) is 18.7 Å². The molecular formula is C16H24N4S. The van der Waals surface area contributed by atoms with Gasteiger partial charge in [-0.15, -0.1) is 0 Å². The first kappa shape index (κ1) is 14.7.